The number of carbonyl (C=O) groups excluding carboxylic acids is 1. The number of nitrogens with two attached hydrogens (primary N) is 1. The van der Waals surface area contributed by atoms with E-state index in [4.69, 9.17) is 5.73 Å². The molecule has 0 bridgehead atoms. The van der Waals surface area contributed by atoms with Crippen LogP contribution >= 0.6 is 11.5 Å². The zero-order chi connectivity index (χ0) is 13.1. The summed E-state index contributed by atoms with van der Waals surface area (Å²) in [5, 5.41) is 7.50. The van der Waals surface area contributed by atoms with Crippen LogP contribution in [0.3, 0.4) is 0 Å². The first kappa shape index (κ1) is 12.3. The fourth-order valence-electron chi connectivity index (χ4n) is 1.36. The van der Waals surface area contributed by atoms with Gasteiger partial charge in [-0.3, -0.25) is 4.79 Å². The third-order valence-electron chi connectivity index (χ3n) is 2.31. The Morgan fingerprint density at radius 3 is 2.78 bits per heavy atom. The Labute approximate surface area is 109 Å². The second kappa shape index (κ2) is 5.01. The van der Waals surface area contributed by atoms with Crippen molar-refractivity contribution >= 4 is 33.8 Å². The van der Waals surface area contributed by atoms with Crippen molar-refractivity contribution in [3.63, 3.8) is 0 Å². The van der Waals surface area contributed by atoms with Crippen molar-refractivity contribution in [2.24, 2.45) is 0 Å². The van der Waals surface area contributed by atoms with Gasteiger partial charge in [0.2, 0.25) is 0 Å². The molecule has 0 spiro atoms. The van der Waals surface area contributed by atoms with Crippen LogP contribution in [0.2, 0.25) is 0 Å². The summed E-state index contributed by atoms with van der Waals surface area (Å²) in [4.78, 5) is 13.3. The van der Waals surface area contributed by atoms with E-state index in [1.165, 1.54) is 4.90 Å². The van der Waals surface area contributed by atoms with Crippen molar-refractivity contribution in [3.05, 3.63) is 30.0 Å². The highest BCUT2D eigenvalue weighted by Gasteiger charge is 2.18. The second-order valence-corrected chi connectivity index (χ2v) is 4.62. The van der Waals surface area contributed by atoms with Crippen molar-refractivity contribution in [2.45, 2.75) is 0 Å². The molecule has 0 unspecified atom stereocenters. The van der Waals surface area contributed by atoms with E-state index in [2.05, 4.69) is 14.9 Å². The Morgan fingerprint density at radius 2 is 2.11 bits per heavy atom. The Balaban J connectivity index is 2.29. The third-order valence-corrected chi connectivity index (χ3v) is 2.95. The Bertz CT molecular complexity index is 566. The van der Waals surface area contributed by atoms with Gasteiger partial charge in [-0.2, -0.15) is 0 Å². The van der Waals surface area contributed by atoms with Crippen molar-refractivity contribution in [2.75, 3.05) is 25.1 Å². The number of nitrogens with one attached hydrogen (secondary N) is 1. The Kier molecular flexibility index (Phi) is 3.42. The van der Waals surface area contributed by atoms with Gasteiger partial charge in [-0.05, 0) is 12.1 Å². The number of benzene rings is 1. The molecule has 1 amide bonds. The van der Waals surface area contributed by atoms with Gasteiger partial charge in [0, 0.05) is 25.6 Å². The number of anilines is 3. The highest BCUT2D eigenvalue weighted by atomic mass is 32.1. The number of aromatic nitrogens is 2. The fourth-order valence-corrected chi connectivity index (χ4v) is 1.93. The summed E-state index contributed by atoms with van der Waals surface area (Å²) in [6.45, 7) is 0. The maximum atomic E-state index is 11.9. The molecule has 0 saturated heterocycles. The molecule has 6 nitrogen and oxygen atoms in total. The quantitative estimate of drug-likeness (QED) is 0.821. The van der Waals surface area contributed by atoms with Crippen LogP contribution in [0.15, 0.2) is 24.3 Å². The van der Waals surface area contributed by atoms with Gasteiger partial charge >= 0.3 is 0 Å². The predicted molar refractivity (Wildman–Crippen MR) is 72.1 cm³/mol. The van der Waals surface area contributed by atoms with Gasteiger partial charge in [-0.25, -0.2) is 0 Å². The highest BCUT2D eigenvalue weighted by Crippen LogP contribution is 2.27. The summed E-state index contributed by atoms with van der Waals surface area (Å²) in [7, 11) is 3.34. The molecule has 3 N–H and O–H groups in total. The number of hydrogen-bond acceptors (Lipinski definition) is 6. The average Bonchev–Trinajstić information content (AvgIpc) is 2.79. The number of nitrogens with zero attached hydrogens (tertiary/aromatic N) is 3. The molecule has 94 valence electrons. The number of para-hydroxylation sites is 2. The molecule has 18 heavy (non-hydrogen) atoms. The molecule has 0 fully saturated rings. The van der Waals surface area contributed by atoms with Crippen molar-refractivity contribution < 1.29 is 4.79 Å². The van der Waals surface area contributed by atoms with E-state index in [1.54, 1.807) is 20.2 Å². The lowest BCUT2D eigenvalue weighted by atomic mass is 10.2. The minimum atomic E-state index is -0.194. The van der Waals surface area contributed by atoms with Crippen LogP contribution in [-0.2, 0) is 0 Å². The van der Waals surface area contributed by atoms with E-state index >= 15 is 0 Å². The normalized spacial score (nSPS) is 10.1. The topological polar surface area (TPSA) is 84.1 Å². The lowest BCUT2D eigenvalue weighted by Crippen LogP contribution is -2.22. The van der Waals surface area contributed by atoms with Crippen LogP contribution in [0.5, 0.6) is 0 Å². The van der Waals surface area contributed by atoms with Gasteiger partial charge in [0.1, 0.15) is 5.00 Å². The molecule has 1 aromatic heterocycles. The Morgan fingerprint density at radius 1 is 1.39 bits per heavy atom. The molecule has 0 aliphatic heterocycles. The number of carbonyl (C=O) groups is 1. The molecule has 0 aliphatic carbocycles. The summed E-state index contributed by atoms with van der Waals surface area (Å²) >= 11 is 1.12. The number of rotatable bonds is 3. The monoisotopic (exact) mass is 263 g/mol. The molecule has 2 aromatic rings. The summed E-state index contributed by atoms with van der Waals surface area (Å²) in [6, 6.07) is 7.32. The highest BCUT2D eigenvalue weighted by molar-refractivity contribution is 7.10. The first-order chi connectivity index (χ1) is 8.59. The molecular weight excluding hydrogens is 250 g/mol. The molecule has 0 radical (unpaired) electrons. The van der Waals surface area contributed by atoms with Crippen LogP contribution in [0.25, 0.3) is 0 Å². The molecule has 1 aromatic carbocycles. The van der Waals surface area contributed by atoms with Crippen molar-refractivity contribution in [1.82, 2.24) is 14.5 Å². The fraction of sp³-hybridized carbons (Fsp3) is 0.182. The lowest BCUT2D eigenvalue weighted by Gasteiger charge is -2.10. The number of amides is 1. The minimum absolute atomic E-state index is 0.194. The van der Waals surface area contributed by atoms with Gasteiger partial charge in [0.05, 0.1) is 11.4 Å². The van der Waals surface area contributed by atoms with E-state index in [1.807, 2.05) is 18.2 Å². The number of nitrogen functional groups attached to an aromatic ring is 1. The maximum absolute atomic E-state index is 11.9. The molecule has 0 saturated carbocycles. The lowest BCUT2D eigenvalue weighted by molar-refractivity contribution is 0.0823. The summed E-state index contributed by atoms with van der Waals surface area (Å²) < 4.78 is 3.79. The Hall–Kier alpha value is -2.15. The second-order valence-electron chi connectivity index (χ2n) is 3.86. The van der Waals surface area contributed by atoms with E-state index in [0.29, 0.717) is 16.4 Å². The van der Waals surface area contributed by atoms with Crippen molar-refractivity contribution in [3.8, 4) is 0 Å². The smallest absolute Gasteiger partial charge is 0.277 e. The van der Waals surface area contributed by atoms with E-state index in [0.717, 1.165) is 17.2 Å². The molecule has 7 heteroatoms. The van der Waals surface area contributed by atoms with Gasteiger partial charge in [0.25, 0.3) is 5.91 Å². The SMILES string of the molecule is CN(C)C(=O)c1nnsc1Nc1ccccc1N. The largest absolute Gasteiger partial charge is 0.397 e. The maximum Gasteiger partial charge on any atom is 0.277 e. The van der Waals surface area contributed by atoms with Crippen LogP contribution < -0.4 is 11.1 Å². The predicted octanol–water partition coefficient (Wildman–Crippen LogP) is 1.57. The molecule has 1 heterocycles. The minimum Gasteiger partial charge on any atom is -0.397 e. The zero-order valence-corrected chi connectivity index (χ0v) is 10.9. The van der Waals surface area contributed by atoms with Gasteiger partial charge in [-0.1, -0.05) is 16.6 Å². The average molecular weight is 263 g/mol. The van der Waals surface area contributed by atoms with Crippen LogP contribution in [0, 0.1) is 0 Å². The molecule has 0 aliphatic rings. The number of hydrogen-bond donors (Lipinski definition) is 2. The van der Waals surface area contributed by atoms with Crippen LogP contribution in [-0.4, -0.2) is 34.5 Å². The van der Waals surface area contributed by atoms with Crippen LogP contribution in [0.1, 0.15) is 10.5 Å². The summed E-state index contributed by atoms with van der Waals surface area (Å²) in [5.74, 6) is -0.194. The zero-order valence-electron chi connectivity index (χ0n) is 10.0. The molecule has 0 atom stereocenters. The third kappa shape index (κ3) is 2.40. The van der Waals surface area contributed by atoms with E-state index in [-0.39, 0.29) is 5.91 Å². The standard InChI is InChI=1S/C11H13N5OS/c1-16(2)11(17)9-10(18-15-14-9)13-8-6-4-3-5-7(8)12/h3-6,13H,12H2,1-2H3. The molecular formula is C11H13N5OS. The van der Waals surface area contributed by atoms with Gasteiger partial charge in [-0.15, -0.1) is 5.10 Å². The van der Waals surface area contributed by atoms with E-state index < -0.39 is 0 Å². The summed E-state index contributed by atoms with van der Waals surface area (Å²) in [6.07, 6.45) is 0. The first-order valence-corrected chi connectivity index (χ1v) is 6.02. The van der Waals surface area contributed by atoms with Crippen molar-refractivity contribution in [1.29, 1.82) is 0 Å². The van der Waals surface area contributed by atoms with Crippen LogP contribution in [0.4, 0.5) is 16.4 Å². The molecule has 2 rings (SSSR count). The van der Waals surface area contributed by atoms with E-state index in [9.17, 15) is 4.79 Å². The first-order valence-electron chi connectivity index (χ1n) is 5.25. The van der Waals surface area contributed by atoms with Gasteiger partial charge < -0.3 is 16.0 Å². The summed E-state index contributed by atoms with van der Waals surface area (Å²) in [5.41, 5.74) is 7.47. The van der Waals surface area contributed by atoms with Gasteiger partial charge in [0.15, 0.2) is 5.69 Å².